The van der Waals surface area contributed by atoms with Crippen molar-refractivity contribution < 1.29 is 14.3 Å². The van der Waals surface area contributed by atoms with Crippen LogP contribution in [0.3, 0.4) is 0 Å². The van der Waals surface area contributed by atoms with Crippen LogP contribution in [-0.4, -0.2) is 27.0 Å². The Morgan fingerprint density at radius 3 is 2.64 bits per heavy atom. The number of ether oxygens (including phenoxy) is 2. The molecule has 0 saturated heterocycles. The van der Waals surface area contributed by atoms with Crippen LogP contribution in [0, 0.1) is 6.92 Å². The fourth-order valence-corrected chi connectivity index (χ4v) is 4.22. The molecule has 33 heavy (non-hydrogen) atoms. The Bertz CT molecular complexity index is 1070. The topological polar surface area (TPSA) is 78.3 Å². The minimum atomic E-state index is -0.473. The minimum Gasteiger partial charge on any atom is -0.489 e. The van der Waals surface area contributed by atoms with E-state index in [1.807, 2.05) is 63.4 Å². The molecule has 1 aliphatic rings. The van der Waals surface area contributed by atoms with Gasteiger partial charge in [0.2, 0.25) is 0 Å². The zero-order valence-electron chi connectivity index (χ0n) is 19.6. The second-order valence-electron chi connectivity index (χ2n) is 8.60. The lowest BCUT2D eigenvalue weighted by atomic mass is 9.98. The van der Waals surface area contributed by atoms with E-state index in [0.29, 0.717) is 0 Å². The molecule has 7 nitrogen and oxygen atoms in total. The van der Waals surface area contributed by atoms with Gasteiger partial charge in [0.1, 0.15) is 11.9 Å². The largest absolute Gasteiger partial charge is 0.489 e. The summed E-state index contributed by atoms with van der Waals surface area (Å²) in [6.07, 6.45) is 7.23. The van der Waals surface area contributed by atoms with Crippen molar-refractivity contribution in [3.63, 3.8) is 0 Å². The molecule has 2 heterocycles. The Hall–Kier alpha value is -3.35. The predicted molar refractivity (Wildman–Crippen MR) is 127 cm³/mol. The van der Waals surface area contributed by atoms with Crippen molar-refractivity contribution >= 4 is 6.09 Å². The SMILES string of the molecule is Cc1nc(-c2cnn(C)c2CNC(=O)O[C@@H](C)c2ccccc2)ccc1OC1CCCCC1. The lowest BCUT2D eigenvalue weighted by Gasteiger charge is -2.23. The Morgan fingerprint density at radius 2 is 1.91 bits per heavy atom. The van der Waals surface area contributed by atoms with Crippen molar-refractivity contribution in [2.45, 2.75) is 64.7 Å². The molecule has 1 amide bonds. The first-order valence-electron chi connectivity index (χ1n) is 11.7. The van der Waals surface area contributed by atoms with E-state index in [-0.39, 0.29) is 18.8 Å². The number of nitrogens with zero attached hydrogens (tertiary/aromatic N) is 3. The molecule has 1 saturated carbocycles. The molecule has 174 valence electrons. The second kappa shape index (κ2) is 10.5. The van der Waals surface area contributed by atoms with Crippen molar-refractivity contribution in [3.8, 4) is 17.0 Å². The second-order valence-corrected chi connectivity index (χ2v) is 8.60. The van der Waals surface area contributed by atoms with Gasteiger partial charge in [-0.15, -0.1) is 0 Å². The van der Waals surface area contributed by atoms with Gasteiger partial charge < -0.3 is 14.8 Å². The van der Waals surface area contributed by atoms with Gasteiger partial charge in [0, 0.05) is 12.6 Å². The Morgan fingerprint density at radius 1 is 1.15 bits per heavy atom. The number of aryl methyl sites for hydroxylation is 2. The van der Waals surface area contributed by atoms with Gasteiger partial charge in [-0.3, -0.25) is 4.68 Å². The summed E-state index contributed by atoms with van der Waals surface area (Å²) in [5.74, 6) is 0.840. The van der Waals surface area contributed by atoms with E-state index in [0.717, 1.165) is 46.8 Å². The van der Waals surface area contributed by atoms with E-state index >= 15 is 0 Å². The van der Waals surface area contributed by atoms with Gasteiger partial charge in [-0.25, -0.2) is 9.78 Å². The number of carbonyl (C=O) groups is 1. The summed E-state index contributed by atoms with van der Waals surface area (Å²) in [6.45, 7) is 4.11. The van der Waals surface area contributed by atoms with Crippen molar-refractivity contribution in [1.82, 2.24) is 20.1 Å². The van der Waals surface area contributed by atoms with Crippen LogP contribution in [0.5, 0.6) is 5.75 Å². The molecular weight excluding hydrogens is 416 g/mol. The van der Waals surface area contributed by atoms with Gasteiger partial charge in [0.25, 0.3) is 0 Å². The monoisotopic (exact) mass is 448 g/mol. The number of pyridine rings is 1. The summed E-state index contributed by atoms with van der Waals surface area (Å²) < 4.78 is 13.5. The van der Waals surface area contributed by atoms with E-state index in [1.165, 1.54) is 19.3 Å². The molecule has 7 heteroatoms. The number of carbonyl (C=O) groups excluding carboxylic acids is 1. The summed E-state index contributed by atoms with van der Waals surface area (Å²) >= 11 is 0. The number of amides is 1. The van der Waals surface area contributed by atoms with Crippen LogP contribution in [0.1, 0.15) is 62.1 Å². The molecule has 0 unspecified atom stereocenters. The molecule has 0 bridgehead atoms. The Labute approximate surface area is 195 Å². The highest BCUT2D eigenvalue weighted by Gasteiger charge is 2.19. The lowest BCUT2D eigenvalue weighted by molar-refractivity contribution is 0.106. The molecular formula is C26H32N4O3. The number of hydrogen-bond donors (Lipinski definition) is 1. The van der Waals surface area contributed by atoms with E-state index in [1.54, 1.807) is 10.9 Å². The van der Waals surface area contributed by atoms with Crippen molar-refractivity contribution in [1.29, 1.82) is 0 Å². The molecule has 2 aromatic heterocycles. The molecule has 4 rings (SSSR count). The van der Waals surface area contributed by atoms with Gasteiger partial charge in [0.05, 0.1) is 35.9 Å². The highest BCUT2D eigenvalue weighted by molar-refractivity contribution is 5.69. The van der Waals surface area contributed by atoms with Crippen LogP contribution >= 0.6 is 0 Å². The standard InChI is InChI=1S/C26H32N4O3/c1-18-25(33-21-12-8-5-9-13-21)15-14-23(29-18)22-16-28-30(3)24(22)17-27-26(31)32-19(2)20-10-6-4-7-11-20/h4,6-7,10-11,14-16,19,21H,5,8-9,12-13,17H2,1-3H3,(H,27,31)/t19-/m0/s1. The number of hydrogen-bond acceptors (Lipinski definition) is 5. The van der Waals surface area contributed by atoms with Crippen LogP contribution in [0.15, 0.2) is 48.7 Å². The van der Waals surface area contributed by atoms with E-state index < -0.39 is 6.09 Å². The summed E-state index contributed by atoms with van der Waals surface area (Å²) in [5, 5.41) is 7.22. The number of aromatic nitrogens is 3. The summed E-state index contributed by atoms with van der Waals surface area (Å²) in [7, 11) is 1.85. The maximum absolute atomic E-state index is 12.4. The molecule has 1 N–H and O–H groups in total. The fraction of sp³-hybridized carbons (Fsp3) is 0.423. The molecule has 0 radical (unpaired) electrons. The van der Waals surface area contributed by atoms with Crippen molar-refractivity contribution in [2.75, 3.05) is 0 Å². The van der Waals surface area contributed by atoms with E-state index in [2.05, 4.69) is 10.4 Å². The third kappa shape index (κ3) is 5.72. The maximum Gasteiger partial charge on any atom is 0.408 e. The fourth-order valence-electron chi connectivity index (χ4n) is 4.22. The third-order valence-electron chi connectivity index (χ3n) is 6.17. The van der Waals surface area contributed by atoms with Gasteiger partial charge >= 0.3 is 6.09 Å². The minimum absolute atomic E-state index is 0.285. The van der Waals surface area contributed by atoms with E-state index in [9.17, 15) is 4.79 Å². The quantitative estimate of drug-likeness (QED) is 0.517. The zero-order valence-corrected chi connectivity index (χ0v) is 19.6. The molecule has 1 atom stereocenters. The summed E-state index contributed by atoms with van der Waals surface area (Å²) in [6, 6.07) is 13.6. The first-order chi connectivity index (χ1) is 16.0. The van der Waals surface area contributed by atoms with Crippen molar-refractivity contribution in [2.24, 2.45) is 7.05 Å². The molecule has 3 aromatic rings. The maximum atomic E-state index is 12.4. The van der Waals surface area contributed by atoms with E-state index in [4.69, 9.17) is 14.5 Å². The first kappa shape index (κ1) is 22.8. The van der Waals surface area contributed by atoms with Gasteiger partial charge in [-0.2, -0.15) is 5.10 Å². The Kier molecular flexibility index (Phi) is 7.27. The van der Waals surface area contributed by atoms with Gasteiger partial charge in [0.15, 0.2) is 0 Å². The van der Waals surface area contributed by atoms with Crippen LogP contribution < -0.4 is 10.1 Å². The molecule has 0 spiro atoms. The van der Waals surface area contributed by atoms with Crippen LogP contribution in [0.25, 0.3) is 11.3 Å². The number of rotatable bonds is 7. The first-order valence-corrected chi connectivity index (χ1v) is 11.7. The Balaban J connectivity index is 1.41. The number of benzene rings is 1. The number of nitrogens with one attached hydrogen (secondary N) is 1. The summed E-state index contributed by atoms with van der Waals surface area (Å²) in [5.41, 5.74) is 4.34. The average molecular weight is 449 g/mol. The lowest BCUT2D eigenvalue weighted by Crippen LogP contribution is -2.26. The molecule has 1 fully saturated rings. The number of alkyl carbamates (subject to hydrolysis) is 1. The van der Waals surface area contributed by atoms with Crippen LogP contribution in [-0.2, 0) is 18.3 Å². The molecule has 0 aliphatic heterocycles. The molecule has 1 aromatic carbocycles. The zero-order chi connectivity index (χ0) is 23.2. The highest BCUT2D eigenvalue weighted by Crippen LogP contribution is 2.28. The third-order valence-corrected chi connectivity index (χ3v) is 6.17. The van der Waals surface area contributed by atoms with Gasteiger partial charge in [-0.1, -0.05) is 36.8 Å². The van der Waals surface area contributed by atoms with Gasteiger partial charge in [-0.05, 0) is 57.2 Å². The highest BCUT2D eigenvalue weighted by atomic mass is 16.6. The van der Waals surface area contributed by atoms with Crippen molar-refractivity contribution in [3.05, 3.63) is 65.6 Å². The summed E-state index contributed by atoms with van der Waals surface area (Å²) in [4.78, 5) is 17.1. The molecule has 1 aliphatic carbocycles. The average Bonchev–Trinajstić information content (AvgIpc) is 3.20. The van der Waals surface area contributed by atoms with Crippen LogP contribution in [0.2, 0.25) is 0 Å². The van der Waals surface area contributed by atoms with Crippen LogP contribution in [0.4, 0.5) is 4.79 Å². The normalized spacial score (nSPS) is 15.1. The predicted octanol–water partition coefficient (Wildman–Crippen LogP) is 5.49. The smallest absolute Gasteiger partial charge is 0.408 e.